The first-order valence-electron chi connectivity index (χ1n) is 5.89. The van der Waals surface area contributed by atoms with E-state index in [0.29, 0.717) is 6.42 Å². The summed E-state index contributed by atoms with van der Waals surface area (Å²) in [7, 11) is 0. The predicted octanol–water partition coefficient (Wildman–Crippen LogP) is 2.10. The largest absolute Gasteiger partial charge is 0.511 e. The van der Waals surface area contributed by atoms with Crippen LogP contribution >= 0.6 is 11.3 Å². The van der Waals surface area contributed by atoms with Gasteiger partial charge in [0.25, 0.3) is 0 Å². The molecule has 0 saturated heterocycles. The average molecular weight is 283 g/mol. The van der Waals surface area contributed by atoms with E-state index in [1.807, 2.05) is 16.8 Å². The number of nitrogens with one attached hydrogen (secondary N) is 1. The van der Waals surface area contributed by atoms with Gasteiger partial charge in [-0.25, -0.2) is 0 Å². The monoisotopic (exact) mass is 283 g/mol. The topological polar surface area (TPSA) is 86.6 Å². The zero-order chi connectivity index (χ0) is 14.3. The highest BCUT2D eigenvalue weighted by atomic mass is 32.1. The number of amides is 1. The molecule has 0 spiro atoms. The summed E-state index contributed by atoms with van der Waals surface area (Å²) in [4.78, 5) is 22.0. The molecule has 5 nitrogen and oxygen atoms in total. The Labute approximate surface area is 115 Å². The van der Waals surface area contributed by atoms with E-state index in [4.69, 9.17) is 5.11 Å². The number of aliphatic carboxylic acids is 1. The maximum Gasteiger partial charge on any atom is 0.303 e. The summed E-state index contributed by atoms with van der Waals surface area (Å²) in [5.41, 5.74) is 1.01. The molecule has 3 N–H and O–H groups in total. The van der Waals surface area contributed by atoms with Crippen LogP contribution in [0.25, 0.3) is 0 Å². The number of aliphatic hydroxyl groups is 1. The molecule has 1 aromatic heterocycles. The van der Waals surface area contributed by atoms with E-state index < -0.39 is 12.0 Å². The first-order chi connectivity index (χ1) is 8.99. The lowest BCUT2D eigenvalue weighted by Gasteiger charge is -2.17. The van der Waals surface area contributed by atoms with Gasteiger partial charge in [-0.2, -0.15) is 11.3 Å². The highest BCUT2D eigenvalue weighted by Gasteiger charge is 2.16. The van der Waals surface area contributed by atoms with Crippen molar-refractivity contribution >= 4 is 23.2 Å². The first kappa shape index (κ1) is 15.2. The van der Waals surface area contributed by atoms with Gasteiger partial charge in [0.05, 0.1) is 6.04 Å². The van der Waals surface area contributed by atoms with Gasteiger partial charge in [-0.15, -0.1) is 0 Å². The molecule has 1 atom stereocenters. The van der Waals surface area contributed by atoms with Crippen LogP contribution in [0.15, 0.2) is 29.2 Å². The van der Waals surface area contributed by atoms with Crippen LogP contribution in [0.2, 0.25) is 0 Å². The van der Waals surface area contributed by atoms with E-state index >= 15 is 0 Å². The molecule has 1 heterocycles. The number of thiophene rings is 1. The number of rotatable bonds is 8. The van der Waals surface area contributed by atoms with Crippen LogP contribution in [0.1, 0.15) is 24.8 Å². The third-order valence-corrected chi connectivity index (χ3v) is 3.28. The second-order valence-corrected chi connectivity index (χ2v) is 4.97. The molecule has 6 heteroatoms. The molecule has 0 aliphatic heterocycles. The van der Waals surface area contributed by atoms with Gasteiger partial charge < -0.3 is 15.5 Å². The summed E-state index contributed by atoms with van der Waals surface area (Å²) in [5, 5.41) is 24.5. The Morgan fingerprint density at radius 1 is 1.37 bits per heavy atom. The molecule has 0 saturated carbocycles. The minimum Gasteiger partial charge on any atom is -0.511 e. The van der Waals surface area contributed by atoms with E-state index in [2.05, 4.69) is 11.9 Å². The van der Waals surface area contributed by atoms with Crippen molar-refractivity contribution in [2.24, 2.45) is 0 Å². The third kappa shape index (κ3) is 6.05. The molecular formula is C13H17NO4S. The van der Waals surface area contributed by atoms with Crippen molar-refractivity contribution in [1.82, 2.24) is 5.32 Å². The molecule has 104 valence electrons. The number of carboxylic acid groups (broad SMARTS) is 1. The second kappa shape index (κ2) is 7.58. The van der Waals surface area contributed by atoms with E-state index in [0.717, 1.165) is 5.56 Å². The highest BCUT2D eigenvalue weighted by Crippen LogP contribution is 2.11. The summed E-state index contributed by atoms with van der Waals surface area (Å²) in [6.07, 6.45) is 0.843. The summed E-state index contributed by atoms with van der Waals surface area (Å²) in [6.45, 7) is 3.45. The molecule has 0 aliphatic carbocycles. The number of hydrogen-bond acceptors (Lipinski definition) is 4. The van der Waals surface area contributed by atoms with Gasteiger partial charge >= 0.3 is 5.97 Å². The molecule has 19 heavy (non-hydrogen) atoms. The van der Waals surface area contributed by atoms with E-state index in [9.17, 15) is 14.7 Å². The molecular weight excluding hydrogens is 266 g/mol. The molecule has 0 aromatic carbocycles. The molecule has 0 aliphatic rings. The Morgan fingerprint density at radius 3 is 2.63 bits per heavy atom. The number of carbonyl (C=O) groups excluding carboxylic acids is 1. The van der Waals surface area contributed by atoms with Crippen molar-refractivity contribution in [2.75, 3.05) is 0 Å². The number of hydrogen-bond donors (Lipinski definition) is 3. The third-order valence-electron chi connectivity index (χ3n) is 2.55. The molecule has 0 radical (unpaired) electrons. The van der Waals surface area contributed by atoms with Crippen LogP contribution in [0.5, 0.6) is 0 Å². The number of carbonyl (C=O) groups is 2. The Hall–Kier alpha value is -1.82. The smallest absolute Gasteiger partial charge is 0.303 e. The van der Waals surface area contributed by atoms with Crippen molar-refractivity contribution in [3.05, 3.63) is 34.7 Å². The minimum atomic E-state index is -0.922. The van der Waals surface area contributed by atoms with Crippen LogP contribution in [0.4, 0.5) is 0 Å². The SMILES string of the molecule is C=C(O)C(Cc1ccsc1)NC(=O)CCCC(=O)O. The quantitative estimate of drug-likeness (QED) is 0.638. The van der Waals surface area contributed by atoms with Crippen LogP contribution in [-0.2, 0) is 16.0 Å². The van der Waals surface area contributed by atoms with Crippen LogP contribution in [0.3, 0.4) is 0 Å². The molecule has 1 rings (SSSR count). The fourth-order valence-corrected chi connectivity index (χ4v) is 2.24. The van der Waals surface area contributed by atoms with E-state index in [1.54, 1.807) is 0 Å². The van der Waals surface area contributed by atoms with Crippen molar-refractivity contribution in [2.45, 2.75) is 31.7 Å². The van der Waals surface area contributed by atoms with Gasteiger partial charge in [0, 0.05) is 19.3 Å². The maximum atomic E-state index is 11.6. The Morgan fingerprint density at radius 2 is 2.11 bits per heavy atom. The molecule has 1 amide bonds. The van der Waals surface area contributed by atoms with E-state index in [1.165, 1.54) is 11.3 Å². The lowest BCUT2D eigenvalue weighted by Crippen LogP contribution is -2.37. The lowest BCUT2D eigenvalue weighted by atomic mass is 10.1. The number of carboxylic acids is 1. The van der Waals surface area contributed by atoms with Crippen molar-refractivity contribution in [3.8, 4) is 0 Å². The minimum absolute atomic E-state index is 0.0390. The standard InChI is InChI=1S/C13H17NO4S/c1-9(15)11(7-10-5-6-19-8-10)14-12(16)3-2-4-13(17)18/h5-6,8,11,15H,1-4,7H2,(H,14,16)(H,17,18). The Kier molecular flexibility index (Phi) is 6.08. The van der Waals surface area contributed by atoms with Gasteiger partial charge in [-0.1, -0.05) is 6.58 Å². The zero-order valence-corrected chi connectivity index (χ0v) is 11.3. The van der Waals surface area contributed by atoms with Crippen molar-refractivity contribution in [3.63, 3.8) is 0 Å². The predicted molar refractivity (Wildman–Crippen MR) is 73.2 cm³/mol. The average Bonchev–Trinajstić information content (AvgIpc) is 2.80. The maximum absolute atomic E-state index is 11.6. The van der Waals surface area contributed by atoms with Crippen LogP contribution < -0.4 is 5.32 Å². The van der Waals surface area contributed by atoms with Gasteiger partial charge in [-0.05, 0) is 28.8 Å². The summed E-state index contributed by atoms with van der Waals surface area (Å²) >= 11 is 1.54. The van der Waals surface area contributed by atoms with Gasteiger partial charge in [0.1, 0.15) is 5.76 Å². The normalized spacial score (nSPS) is 11.8. The molecule has 0 fully saturated rings. The van der Waals surface area contributed by atoms with E-state index in [-0.39, 0.29) is 30.9 Å². The van der Waals surface area contributed by atoms with Crippen LogP contribution in [0, 0.1) is 0 Å². The van der Waals surface area contributed by atoms with Gasteiger partial charge in [0.15, 0.2) is 0 Å². The summed E-state index contributed by atoms with van der Waals surface area (Å²) < 4.78 is 0. The van der Waals surface area contributed by atoms with Crippen molar-refractivity contribution < 1.29 is 19.8 Å². The molecule has 1 aromatic rings. The molecule has 0 bridgehead atoms. The summed E-state index contributed by atoms with van der Waals surface area (Å²) in [6, 6.07) is 1.38. The molecule has 1 unspecified atom stereocenters. The highest BCUT2D eigenvalue weighted by molar-refractivity contribution is 7.07. The van der Waals surface area contributed by atoms with Crippen LogP contribution in [-0.4, -0.2) is 28.1 Å². The lowest BCUT2D eigenvalue weighted by molar-refractivity contribution is -0.137. The summed E-state index contributed by atoms with van der Waals surface area (Å²) in [5.74, 6) is -1.30. The Balaban J connectivity index is 2.42. The Bertz CT molecular complexity index is 442. The second-order valence-electron chi connectivity index (χ2n) is 4.19. The zero-order valence-electron chi connectivity index (χ0n) is 10.5. The first-order valence-corrected chi connectivity index (χ1v) is 6.83. The fraction of sp³-hybridized carbons (Fsp3) is 0.385. The van der Waals surface area contributed by atoms with Gasteiger partial charge in [-0.3, -0.25) is 9.59 Å². The van der Waals surface area contributed by atoms with Crippen molar-refractivity contribution in [1.29, 1.82) is 0 Å². The fourth-order valence-electron chi connectivity index (χ4n) is 1.56. The number of aliphatic hydroxyl groups excluding tert-OH is 1. The van der Waals surface area contributed by atoms with Gasteiger partial charge in [0.2, 0.25) is 5.91 Å².